The number of furan rings is 1. The minimum atomic E-state index is -0.323. The van der Waals surface area contributed by atoms with Crippen molar-refractivity contribution in [3.05, 3.63) is 47.9 Å². The van der Waals surface area contributed by atoms with Gasteiger partial charge in [-0.15, -0.1) is 0 Å². The number of fused-ring (bicyclic) bond motifs is 1. The lowest BCUT2D eigenvalue weighted by Gasteiger charge is -2.11. The van der Waals surface area contributed by atoms with Crippen LogP contribution in [0.1, 0.15) is 17.4 Å². The first-order valence-electron chi connectivity index (χ1n) is 5.53. The van der Waals surface area contributed by atoms with Crippen LogP contribution in [0.15, 0.2) is 40.9 Å². The van der Waals surface area contributed by atoms with Crippen molar-refractivity contribution in [3.8, 4) is 0 Å². The second-order valence-electron chi connectivity index (χ2n) is 4.03. The molecule has 1 unspecified atom stereocenters. The van der Waals surface area contributed by atoms with Gasteiger partial charge >= 0.3 is 0 Å². The summed E-state index contributed by atoms with van der Waals surface area (Å²) in [6, 6.07) is 9.38. The number of rotatable bonds is 3. The van der Waals surface area contributed by atoms with Gasteiger partial charge in [-0.1, -0.05) is 18.2 Å². The van der Waals surface area contributed by atoms with Crippen LogP contribution in [0, 0.1) is 0 Å². The topological polar surface area (TPSA) is 106 Å². The second-order valence-corrected chi connectivity index (χ2v) is 4.03. The van der Waals surface area contributed by atoms with Crippen LogP contribution in [0.5, 0.6) is 0 Å². The van der Waals surface area contributed by atoms with Crippen molar-refractivity contribution in [2.75, 3.05) is 5.73 Å². The van der Waals surface area contributed by atoms with Crippen LogP contribution in [-0.4, -0.2) is 10.2 Å². The number of hydrogen-bond donors (Lipinski definition) is 4. The molecule has 3 rings (SSSR count). The van der Waals surface area contributed by atoms with E-state index in [2.05, 4.69) is 15.6 Å². The van der Waals surface area contributed by atoms with E-state index in [-0.39, 0.29) is 6.04 Å². The summed E-state index contributed by atoms with van der Waals surface area (Å²) in [7, 11) is 0. The van der Waals surface area contributed by atoms with E-state index in [9.17, 15) is 0 Å². The Balaban J connectivity index is 2.09. The number of nitrogens with one attached hydrogen (secondary N) is 2. The third kappa shape index (κ3) is 1.64. The molecule has 0 amide bonds. The van der Waals surface area contributed by atoms with Crippen LogP contribution in [0.2, 0.25) is 0 Å². The minimum absolute atomic E-state index is 0.323. The number of aromatic amines is 1. The molecule has 0 aliphatic carbocycles. The molecule has 92 valence electrons. The summed E-state index contributed by atoms with van der Waals surface area (Å²) in [6.07, 6.45) is 1.63. The molecule has 6 heteroatoms. The highest BCUT2D eigenvalue weighted by Crippen LogP contribution is 2.29. The van der Waals surface area contributed by atoms with E-state index in [0.29, 0.717) is 11.6 Å². The van der Waals surface area contributed by atoms with Crippen LogP contribution in [0.3, 0.4) is 0 Å². The SMILES string of the molecule is NNC(c1cc2ccccc2o1)c1cn[nH]c1N. The van der Waals surface area contributed by atoms with Crippen LogP contribution in [0.25, 0.3) is 11.0 Å². The van der Waals surface area contributed by atoms with Crippen molar-refractivity contribution >= 4 is 16.8 Å². The largest absolute Gasteiger partial charge is 0.459 e. The Kier molecular flexibility index (Phi) is 2.51. The first kappa shape index (κ1) is 10.8. The number of nitrogens with zero attached hydrogens (tertiary/aromatic N) is 1. The highest BCUT2D eigenvalue weighted by Gasteiger charge is 2.20. The molecule has 0 radical (unpaired) electrons. The van der Waals surface area contributed by atoms with Crippen molar-refractivity contribution < 1.29 is 4.42 Å². The molecule has 0 spiro atoms. The number of para-hydroxylation sites is 1. The van der Waals surface area contributed by atoms with E-state index in [4.69, 9.17) is 16.0 Å². The summed E-state index contributed by atoms with van der Waals surface area (Å²) in [4.78, 5) is 0. The molecule has 0 saturated heterocycles. The number of aromatic nitrogens is 2. The summed E-state index contributed by atoms with van der Waals surface area (Å²) in [5.74, 6) is 6.75. The van der Waals surface area contributed by atoms with Gasteiger partial charge in [0.1, 0.15) is 23.2 Å². The fourth-order valence-electron chi connectivity index (χ4n) is 2.01. The van der Waals surface area contributed by atoms with Crippen molar-refractivity contribution in [2.45, 2.75) is 6.04 Å². The maximum Gasteiger partial charge on any atom is 0.134 e. The number of benzene rings is 1. The van der Waals surface area contributed by atoms with Crippen molar-refractivity contribution in [3.63, 3.8) is 0 Å². The van der Waals surface area contributed by atoms with Crippen molar-refractivity contribution in [2.24, 2.45) is 5.84 Å². The fraction of sp³-hybridized carbons (Fsp3) is 0.0833. The maximum absolute atomic E-state index is 5.79. The molecular formula is C12H13N5O. The van der Waals surface area contributed by atoms with Gasteiger partial charge in [0.05, 0.1) is 6.20 Å². The van der Waals surface area contributed by atoms with Crippen molar-refractivity contribution in [1.29, 1.82) is 0 Å². The Bertz CT molecular complexity index is 639. The van der Waals surface area contributed by atoms with Crippen LogP contribution >= 0.6 is 0 Å². The average Bonchev–Trinajstić information content (AvgIpc) is 2.97. The van der Waals surface area contributed by atoms with Gasteiger partial charge in [-0.3, -0.25) is 10.9 Å². The monoisotopic (exact) mass is 243 g/mol. The molecule has 0 saturated carbocycles. The van der Waals surface area contributed by atoms with E-state index in [1.54, 1.807) is 6.20 Å². The molecule has 0 aliphatic heterocycles. The Morgan fingerprint density at radius 3 is 2.83 bits per heavy atom. The van der Waals surface area contributed by atoms with Crippen LogP contribution < -0.4 is 17.0 Å². The summed E-state index contributed by atoms with van der Waals surface area (Å²) < 4.78 is 5.76. The minimum Gasteiger partial charge on any atom is -0.459 e. The zero-order chi connectivity index (χ0) is 12.5. The number of hydrogen-bond acceptors (Lipinski definition) is 5. The highest BCUT2D eigenvalue weighted by atomic mass is 16.3. The molecule has 3 aromatic rings. The van der Waals surface area contributed by atoms with Gasteiger partial charge in [0.15, 0.2) is 0 Å². The Hall–Kier alpha value is -2.31. The molecule has 0 fully saturated rings. The van der Waals surface area contributed by atoms with Gasteiger partial charge in [0.2, 0.25) is 0 Å². The van der Waals surface area contributed by atoms with Gasteiger partial charge in [-0.25, -0.2) is 5.43 Å². The number of hydrazine groups is 1. The molecule has 6 nitrogen and oxygen atoms in total. The quantitative estimate of drug-likeness (QED) is 0.409. The average molecular weight is 243 g/mol. The first-order chi connectivity index (χ1) is 8.79. The number of anilines is 1. The molecule has 0 aliphatic rings. The molecule has 2 aromatic heterocycles. The lowest BCUT2D eigenvalue weighted by Crippen LogP contribution is -2.28. The summed E-state index contributed by atoms with van der Waals surface area (Å²) in [5, 5.41) is 7.58. The molecule has 1 atom stereocenters. The third-order valence-corrected chi connectivity index (χ3v) is 2.91. The third-order valence-electron chi connectivity index (χ3n) is 2.91. The van der Waals surface area contributed by atoms with E-state index < -0.39 is 0 Å². The zero-order valence-electron chi connectivity index (χ0n) is 9.55. The Labute approximate surface area is 103 Å². The van der Waals surface area contributed by atoms with Crippen LogP contribution in [0.4, 0.5) is 5.82 Å². The smallest absolute Gasteiger partial charge is 0.134 e. The second kappa shape index (κ2) is 4.17. The van der Waals surface area contributed by atoms with Gasteiger partial charge in [-0.05, 0) is 12.1 Å². The molecule has 2 heterocycles. The van der Waals surface area contributed by atoms with Gasteiger partial charge in [-0.2, -0.15) is 5.10 Å². The van der Waals surface area contributed by atoms with E-state index in [1.165, 1.54) is 0 Å². The summed E-state index contributed by atoms with van der Waals surface area (Å²) in [5.41, 5.74) is 10.1. The predicted octanol–water partition coefficient (Wildman–Crippen LogP) is 1.29. The number of nitrogens with two attached hydrogens (primary N) is 2. The zero-order valence-corrected chi connectivity index (χ0v) is 9.55. The predicted molar refractivity (Wildman–Crippen MR) is 68.4 cm³/mol. The highest BCUT2D eigenvalue weighted by molar-refractivity contribution is 5.78. The van der Waals surface area contributed by atoms with Gasteiger partial charge in [0, 0.05) is 10.9 Å². The summed E-state index contributed by atoms with van der Waals surface area (Å²) >= 11 is 0. The number of nitrogen functional groups attached to an aromatic ring is 1. The Morgan fingerprint density at radius 1 is 1.33 bits per heavy atom. The molecule has 1 aromatic carbocycles. The van der Waals surface area contributed by atoms with Crippen molar-refractivity contribution in [1.82, 2.24) is 15.6 Å². The summed E-state index contributed by atoms with van der Waals surface area (Å²) in [6.45, 7) is 0. The van der Waals surface area contributed by atoms with Gasteiger partial charge < -0.3 is 10.2 Å². The fourth-order valence-corrected chi connectivity index (χ4v) is 2.01. The normalized spacial score (nSPS) is 12.9. The van der Waals surface area contributed by atoms with E-state index in [1.807, 2.05) is 30.3 Å². The Morgan fingerprint density at radius 2 is 2.17 bits per heavy atom. The number of H-pyrrole nitrogens is 1. The van der Waals surface area contributed by atoms with E-state index >= 15 is 0 Å². The van der Waals surface area contributed by atoms with E-state index in [0.717, 1.165) is 16.5 Å². The molecule has 6 N–H and O–H groups in total. The lowest BCUT2D eigenvalue weighted by molar-refractivity contribution is 0.478. The standard InChI is InChI=1S/C12H13N5O/c13-12-8(6-15-17-12)11(16-14)10-5-7-3-1-2-4-9(7)18-10/h1-6,11,16H,14H2,(H3,13,15,17). The lowest BCUT2D eigenvalue weighted by atomic mass is 10.1. The molecule has 18 heavy (non-hydrogen) atoms. The molecular weight excluding hydrogens is 230 g/mol. The van der Waals surface area contributed by atoms with Crippen LogP contribution in [-0.2, 0) is 0 Å². The maximum atomic E-state index is 5.79. The molecule has 0 bridgehead atoms. The van der Waals surface area contributed by atoms with Gasteiger partial charge in [0.25, 0.3) is 0 Å². The first-order valence-corrected chi connectivity index (χ1v) is 5.53.